The normalized spacial score (nSPS) is 19.2. The Morgan fingerprint density at radius 1 is 1.47 bits per heavy atom. The minimum Gasteiger partial charge on any atom is -0.336 e. The van der Waals surface area contributed by atoms with Gasteiger partial charge in [0.05, 0.1) is 12.4 Å². The lowest BCUT2D eigenvalue weighted by atomic mass is 10.2. The Balaban J connectivity index is 2.02. The summed E-state index contributed by atoms with van der Waals surface area (Å²) in [5.41, 5.74) is 0.327. The maximum atomic E-state index is 12.3. The van der Waals surface area contributed by atoms with Crippen LogP contribution in [0.25, 0.3) is 0 Å². The summed E-state index contributed by atoms with van der Waals surface area (Å²) in [6.45, 7) is 7.86. The van der Waals surface area contributed by atoms with E-state index < -0.39 is 0 Å². The SMILES string of the molecule is CCN(CC)C1CCN(C(=O)c2cncc(Cl)n2)C1. The van der Waals surface area contributed by atoms with Gasteiger partial charge in [0.15, 0.2) is 0 Å². The Hall–Kier alpha value is -1.20. The molecule has 0 bridgehead atoms. The Kier molecular flexibility index (Phi) is 4.71. The quantitative estimate of drug-likeness (QED) is 0.843. The fourth-order valence-electron chi connectivity index (χ4n) is 2.57. The molecule has 1 aromatic heterocycles. The molecule has 1 unspecified atom stereocenters. The van der Waals surface area contributed by atoms with Crippen LogP contribution in [0.2, 0.25) is 5.15 Å². The molecule has 104 valence electrons. The summed E-state index contributed by atoms with van der Waals surface area (Å²) in [6.07, 6.45) is 3.92. The number of amides is 1. The lowest BCUT2D eigenvalue weighted by Crippen LogP contribution is -2.38. The molecule has 5 nitrogen and oxygen atoms in total. The largest absolute Gasteiger partial charge is 0.336 e. The van der Waals surface area contributed by atoms with Gasteiger partial charge in [-0.25, -0.2) is 4.98 Å². The molecule has 0 radical (unpaired) electrons. The van der Waals surface area contributed by atoms with Gasteiger partial charge in [0, 0.05) is 19.1 Å². The van der Waals surface area contributed by atoms with E-state index in [1.165, 1.54) is 12.4 Å². The smallest absolute Gasteiger partial charge is 0.274 e. The Morgan fingerprint density at radius 3 is 2.84 bits per heavy atom. The summed E-state index contributed by atoms with van der Waals surface area (Å²) in [7, 11) is 0. The van der Waals surface area contributed by atoms with Gasteiger partial charge in [-0.15, -0.1) is 0 Å². The van der Waals surface area contributed by atoms with E-state index in [0.29, 0.717) is 11.7 Å². The number of nitrogens with zero attached hydrogens (tertiary/aromatic N) is 4. The molecule has 2 heterocycles. The van der Waals surface area contributed by atoms with E-state index in [-0.39, 0.29) is 11.1 Å². The molecule has 0 N–H and O–H groups in total. The third kappa shape index (κ3) is 3.22. The highest BCUT2D eigenvalue weighted by atomic mass is 35.5. The summed E-state index contributed by atoms with van der Waals surface area (Å²) in [6, 6.07) is 0.450. The zero-order chi connectivity index (χ0) is 13.8. The topological polar surface area (TPSA) is 49.3 Å². The van der Waals surface area contributed by atoms with Crippen LogP contribution in [0.1, 0.15) is 30.8 Å². The van der Waals surface area contributed by atoms with Crippen molar-refractivity contribution in [2.75, 3.05) is 26.2 Å². The van der Waals surface area contributed by atoms with Gasteiger partial charge in [-0.3, -0.25) is 14.7 Å². The molecule has 1 aliphatic rings. The molecule has 1 fully saturated rings. The number of likely N-dealkylation sites (tertiary alicyclic amines) is 1. The van der Waals surface area contributed by atoms with Crippen molar-refractivity contribution in [2.45, 2.75) is 26.3 Å². The van der Waals surface area contributed by atoms with Crippen LogP contribution in [0.5, 0.6) is 0 Å². The standard InChI is InChI=1S/C13H19ClN4O/c1-3-17(4-2)10-5-6-18(9-10)13(19)11-7-15-8-12(14)16-11/h7-8,10H,3-6,9H2,1-2H3. The predicted octanol–water partition coefficient (Wildman–Crippen LogP) is 1.69. The van der Waals surface area contributed by atoms with Gasteiger partial charge < -0.3 is 4.90 Å². The number of rotatable bonds is 4. The van der Waals surface area contributed by atoms with Crippen molar-refractivity contribution in [2.24, 2.45) is 0 Å². The van der Waals surface area contributed by atoms with Gasteiger partial charge in [0.1, 0.15) is 10.8 Å². The second kappa shape index (κ2) is 6.30. The zero-order valence-electron chi connectivity index (χ0n) is 11.3. The van der Waals surface area contributed by atoms with Crippen molar-refractivity contribution >= 4 is 17.5 Å². The fourth-order valence-corrected chi connectivity index (χ4v) is 2.72. The van der Waals surface area contributed by atoms with Crippen molar-refractivity contribution in [3.63, 3.8) is 0 Å². The van der Waals surface area contributed by atoms with E-state index in [1.54, 1.807) is 0 Å². The molecule has 0 aromatic carbocycles. The molecule has 0 spiro atoms. The van der Waals surface area contributed by atoms with Gasteiger partial charge >= 0.3 is 0 Å². The number of hydrogen-bond donors (Lipinski definition) is 0. The first-order valence-electron chi connectivity index (χ1n) is 6.66. The molecule has 0 aliphatic carbocycles. The first-order chi connectivity index (χ1) is 9.15. The predicted molar refractivity (Wildman–Crippen MR) is 74.3 cm³/mol. The lowest BCUT2D eigenvalue weighted by molar-refractivity contribution is 0.0771. The summed E-state index contributed by atoms with van der Waals surface area (Å²) < 4.78 is 0. The zero-order valence-corrected chi connectivity index (χ0v) is 12.1. The van der Waals surface area contributed by atoms with E-state index in [9.17, 15) is 4.79 Å². The van der Waals surface area contributed by atoms with Crippen molar-refractivity contribution in [1.82, 2.24) is 19.8 Å². The molecule has 1 saturated heterocycles. The molecule has 1 aliphatic heterocycles. The second-order valence-electron chi connectivity index (χ2n) is 4.64. The van der Waals surface area contributed by atoms with Crippen LogP contribution in [0.4, 0.5) is 0 Å². The molecule has 0 saturated carbocycles. The van der Waals surface area contributed by atoms with Crippen molar-refractivity contribution < 1.29 is 4.79 Å². The summed E-state index contributed by atoms with van der Waals surface area (Å²) in [5, 5.41) is 0.255. The lowest BCUT2D eigenvalue weighted by Gasteiger charge is -2.26. The molecular formula is C13H19ClN4O. The van der Waals surface area contributed by atoms with E-state index >= 15 is 0 Å². The van der Waals surface area contributed by atoms with Crippen LogP contribution in [0, 0.1) is 0 Å². The van der Waals surface area contributed by atoms with E-state index in [2.05, 4.69) is 28.7 Å². The van der Waals surface area contributed by atoms with Crippen LogP contribution in [-0.2, 0) is 0 Å². The number of hydrogen-bond acceptors (Lipinski definition) is 4. The van der Waals surface area contributed by atoms with Crippen LogP contribution in [0.15, 0.2) is 12.4 Å². The molecule has 1 aromatic rings. The van der Waals surface area contributed by atoms with Gasteiger partial charge in [-0.05, 0) is 19.5 Å². The maximum Gasteiger partial charge on any atom is 0.274 e. The van der Waals surface area contributed by atoms with Crippen LogP contribution >= 0.6 is 11.6 Å². The van der Waals surface area contributed by atoms with E-state index in [0.717, 1.165) is 32.6 Å². The second-order valence-corrected chi connectivity index (χ2v) is 5.03. The van der Waals surface area contributed by atoms with Crippen LogP contribution in [0.3, 0.4) is 0 Å². The van der Waals surface area contributed by atoms with Crippen molar-refractivity contribution in [3.8, 4) is 0 Å². The third-order valence-corrected chi connectivity index (χ3v) is 3.79. The third-order valence-electron chi connectivity index (χ3n) is 3.60. The summed E-state index contributed by atoms with van der Waals surface area (Å²) >= 11 is 5.77. The van der Waals surface area contributed by atoms with E-state index in [4.69, 9.17) is 11.6 Å². The number of likely N-dealkylation sites (N-methyl/N-ethyl adjacent to an activating group) is 1. The van der Waals surface area contributed by atoms with Gasteiger partial charge in [-0.1, -0.05) is 25.4 Å². The molecule has 1 amide bonds. The van der Waals surface area contributed by atoms with Crippen LogP contribution in [-0.4, -0.2) is 57.9 Å². The maximum absolute atomic E-state index is 12.3. The van der Waals surface area contributed by atoms with Gasteiger partial charge in [0.25, 0.3) is 5.91 Å². The number of carbonyl (C=O) groups excluding carboxylic acids is 1. The molecule has 6 heteroatoms. The van der Waals surface area contributed by atoms with Crippen molar-refractivity contribution in [1.29, 1.82) is 0 Å². The Labute approximate surface area is 118 Å². The minimum absolute atomic E-state index is 0.0790. The fraction of sp³-hybridized carbons (Fsp3) is 0.615. The summed E-state index contributed by atoms with van der Waals surface area (Å²) in [5.74, 6) is -0.0790. The first-order valence-corrected chi connectivity index (χ1v) is 7.04. The molecule has 2 rings (SSSR count). The number of aromatic nitrogens is 2. The molecule has 1 atom stereocenters. The van der Waals surface area contributed by atoms with Crippen LogP contribution < -0.4 is 0 Å². The number of carbonyl (C=O) groups is 1. The Bertz CT molecular complexity index is 450. The van der Waals surface area contributed by atoms with Crippen molar-refractivity contribution in [3.05, 3.63) is 23.2 Å². The summed E-state index contributed by atoms with van der Waals surface area (Å²) in [4.78, 5) is 24.4. The highest BCUT2D eigenvalue weighted by molar-refractivity contribution is 6.29. The van der Waals surface area contributed by atoms with Gasteiger partial charge in [0.2, 0.25) is 0 Å². The highest BCUT2D eigenvalue weighted by Gasteiger charge is 2.30. The van der Waals surface area contributed by atoms with E-state index in [1.807, 2.05) is 4.90 Å². The minimum atomic E-state index is -0.0790. The molecular weight excluding hydrogens is 264 g/mol. The number of halogens is 1. The average Bonchev–Trinajstić information content (AvgIpc) is 2.89. The van der Waals surface area contributed by atoms with Gasteiger partial charge in [-0.2, -0.15) is 0 Å². The molecule has 19 heavy (non-hydrogen) atoms. The average molecular weight is 283 g/mol. The first kappa shape index (κ1) is 14.2. The highest BCUT2D eigenvalue weighted by Crippen LogP contribution is 2.17. The monoisotopic (exact) mass is 282 g/mol. The Morgan fingerprint density at radius 2 is 2.21 bits per heavy atom.